The minimum Gasteiger partial charge on any atom is -0.494 e. The quantitative estimate of drug-likeness (QED) is 0.744. The van der Waals surface area contributed by atoms with Crippen molar-refractivity contribution in [1.29, 1.82) is 0 Å². The van der Waals surface area contributed by atoms with Gasteiger partial charge in [0.05, 0.1) is 6.61 Å². The number of carboxylic acid groups (broad SMARTS) is 1. The monoisotopic (exact) mass is 266 g/mol. The predicted octanol–water partition coefficient (Wildman–Crippen LogP) is 1.36. The standard InChI is InChI=1S/C14H22N2O3/c1-4-19-12-8-6-5-7-11(12)13(14(17)18)15-9-10-16(2)3/h5-8,13,15H,4,9-10H2,1-3H3,(H,17,18). The number of hydrogen-bond donors (Lipinski definition) is 2. The van der Waals surface area contributed by atoms with Crippen LogP contribution >= 0.6 is 0 Å². The summed E-state index contributed by atoms with van der Waals surface area (Å²) in [5.74, 6) is -0.277. The first-order chi connectivity index (χ1) is 9.06. The number of carboxylic acids is 1. The summed E-state index contributed by atoms with van der Waals surface area (Å²) in [6, 6.07) is 6.49. The smallest absolute Gasteiger partial charge is 0.325 e. The third kappa shape index (κ3) is 4.89. The van der Waals surface area contributed by atoms with Crippen molar-refractivity contribution >= 4 is 5.97 Å². The van der Waals surface area contributed by atoms with E-state index in [1.165, 1.54) is 0 Å². The molecule has 0 saturated heterocycles. The van der Waals surface area contributed by atoms with Gasteiger partial charge < -0.3 is 14.7 Å². The van der Waals surface area contributed by atoms with Crippen LogP contribution in [0, 0.1) is 0 Å². The van der Waals surface area contributed by atoms with Gasteiger partial charge in [-0.25, -0.2) is 0 Å². The number of aliphatic carboxylic acids is 1. The Kier molecular flexibility index (Phi) is 6.32. The molecule has 0 aliphatic heterocycles. The topological polar surface area (TPSA) is 61.8 Å². The third-order valence-corrected chi connectivity index (χ3v) is 2.68. The van der Waals surface area contributed by atoms with Gasteiger partial charge in [-0.2, -0.15) is 0 Å². The van der Waals surface area contributed by atoms with E-state index in [4.69, 9.17) is 4.74 Å². The van der Waals surface area contributed by atoms with Crippen molar-refractivity contribution < 1.29 is 14.6 Å². The van der Waals surface area contributed by atoms with Crippen molar-refractivity contribution in [2.75, 3.05) is 33.8 Å². The number of nitrogens with one attached hydrogen (secondary N) is 1. The van der Waals surface area contributed by atoms with E-state index in [1.54, 1.807) is 12.1 Å². The van der Waals surface area contributed by atoms with Crippen molar-refractivity contribution in [3.63, 3.8) is 0 Å². The summed E-state index contributed by atoms with van der Waals surface area (Å²) in [6.07, 6.45) is 0. The van der Waals surface area contributed by atoms with E-state index in [1.807, 2.05) is 38.1 Å². The lowest BCUT2D eigenvalue weighted by molar-refractivity contribution is -0.139. The van der Waals surface area contributed by atoms with E-state index in [0.717, 1.165) is 6.54 Å². The Morgan fingerprint density at radius 1 is 1.42 bits per heavy atom. The molecule has 1 aromatic carbocycles. The first kappa shape index (κ1) is 15.5. The number of likely N-dealkylation sites (N-methyl/N-ethyl adjacent to an activating group) is 1. The van der Waals surface area contributed by atoms with Crippen molar-refractivity contribution in [3.05, 3.63) is 29.8 Å². The fourth-order valence-electron chi connectivity index (χ4n) is 1.77. The zero-order valence-corrected chi connectivity index (χ0v) is 11.7. The molecule has 0 bridgehead atoms. The number of nitrogens with zero attached hydrogens (tertiary/aromatic N) is 1. The second-order valence-electron chi connectivity index (χ2n) is 4.50. The number of ether oxygens (including phenoxy) is 1. The second kappa shape index (κ2) is 7.76. The molecule has 1 atom stereocenters. The van der Waals surface area contributed by atoms with Gasteiger partial charge in [-0.1, -0.05) is 18.2 Å². The number of hydrogen-bond acceptors (Lipinski definition) is 4. The van der Waals surface area contributed by atoms with Crippen molar-refractivity contribution in [3.8, 4) is 5.75 Å². The average Bonchev–Trinajstić information content (AvgIpc) is 2.35. The van der Waals surface area contributed by atoms with Gasteiger partial charge in [0.25, 0.3) is 0 Å². The Morgan fingerprint density at radius 2 is 2.11 bits per heavy atom. The third-order valence-electron chi connectivity index (χ3n) is 2.68. The fraction of sp³-hybridized carbons (Fsp3) is 0.500. The maximum Gasteiger partial charge on any atom is 0.325 e. The Morgan fingerprint density at radius 3 is 2.68 bits per heavy atom. The molecule has 106 valence electrons. The molecule has 5 heteroatoms. The van der Waals surface area contributed by atoms with E-state index >= 15 is 0 Å². The molecule has 0 amide bonds. The zero-order chi connectivity index (χ0) is 14.3. The maximum absolute atomic E-state index is 11.4. The van der Waals surface area contributed by atoms with E-state index < -0.39 is 12.0 Å². The van der Waals surface area contributed by atoms with Crippen LogP contribution in [-0.2, 0) is 4.79 Å². The molecule has 0 spiro atoms. The summed E-state index contributed by atoms with van der Waals surface area (Å²) in [5.41, 5.74) is 0.663. The highest BCUT2D eigenvalue weighted by Gasteiger charge is 2.22. The summed E-state index contributed by atoms with van der Waals surface area (Å²) < 4.78 is 5.48. The van der Waals surface area contributed by atoms with Gasteiger partial charge in [0, 0.05) is 18.7 Å². The minimum atomic E-state index is -0.897. The zero-order valence-electron chi connectivity index (χ0n) is 11.7. The Labute approximate surface area is 114 Å². The number of para-hydroxylation sites is 1. The van der Waals surface area contributed by atoms with Crippen LogP contribution in [0.25, 0.3) is 0 Å². The van der Waals surface area contributed by atoms with Gasteiger partial charge >= 0.3 is 5.97 Å². The number of carbonyl (C=O) groups is 1. The Bertz CT molecular complexity index is 407. The van der Waals surface area contributed by atoms with Crippen LogP contribution in [0.15, 0.2) is 24.3 Å². The molecule has 2 N–H and O–H groups in total. The first-order valence-corrected chi connectivity index (χ1v) is 6.39. The second-order valence-corrected chi connectivity index (χ2v) is 4.50. The molecule has 5 nitrogen and oxygen atoms in total. The largest absolute Gasteiger partial charge is 0.494 e. The molecule has 0 radical (unpaired) electrons. The number of benzene rings is 1. The van der Waals surface area contributed by atoms with Crippen LogP contribution in [0.1, 0.15) is 18.5 Å². The van der Waals surface area contributed by atoms with E-state index in [2.05, 4.69) is 5.32 Å². The average molecular weight is 266 g/mol. The van der Waals surface area contributed by atoms with Gasteiger partial charge in [-0.3, -0.25) is 10.1 Å². The minimum absolute atomic E-state index is 0.515. The lowest BCUT2D eigenvalue weighted by Gasteiger charge is -2.19. The van der Waals surface area contributed by atoms with Crippen LogP contribution < -0.4 is 10.1 Å². The van der Waals surface area contributed by atoms with E-state index in [-0.39, 0.29) is 0 Å². The molecular weight excluding hydrogens is 244 g/mol. The van der Waals surface area contributed by atoms with Crippen LogP contribution in [0.5, 0.6) is 5.75 Å². The van der Waals surface area contributed by atoms with E-state index in [0.29, 0.717) is 24.5 Å². The first-order valence-electron chi connectivity index (χ1n) is 6.39. The van der Waals surface area contributed by atoms with Crippen molar-refractivity contribution in [2.24, 2.45) is 0 Å². The SMILES string of the molecule is CCOc1ccccc1C(NCCN(C)C)C(=O)O. The Balaban J connectivity index is 2.83. The van der Waals surface area contributed by atoms with Crippen molar-refractivity contribution in [2.45, 2.75) is 13.0 Å². The maximum atomic E-state index is 11.4. The normalized spacial score (nSPS) is 12.4. The molecule has 1 unspecified atom stereocenters. The summed E-state index contributed by atoms with van der Waals surface area (Å²) >= 11 is 0. The van der Waals surface area contributed by atoms with Crippen LogP contribution in [0.3, 0.4) is 0 Å². The highest BCUT2D eigenvalue weighted by Crippen LogP contribution is 2.25. The molecule has 1 rings (SSSR count). The van der Waals surface area contributed by atoms with Gasteiger partial charge in [-0.05, 0) is 27.1 Å². The van der Waals surface area contributed by atoms with Crippen LogP contribution in [0.2, 0.25) is 0 Å². The molecule has 0 aliphatic rings. The molecule has 0 fully saturated rings. The lowest BCUT2D eigenvalue weighted by Crippen LogP contribution is -2.34. The fourth-order valence-corrected chi connectivity index (χ4v) is 1.77. The van der Waals surface area contributed by atoms with Gasteiger partial charge in [0.1, 0.15) is 11.8 Å². The highest BCUT2D eigenvalue weighted by atomic mass is 16.5. The Hall–Kier alpha value is -1.59. The van der Waals surface area contributed by atoms with Gasteiger partial charge in [-0.15, -0.1) is 0 Å². The van der Waals surface area contributed by atoms with Gasteiger partial charge in [0.15, 0.2) is 0 Å². The molecule has 0 aliphatic carbocycles. The summed E-state index contributed by atoms with van der Waals surface area (Å²) in [6.45, 7) is 3.78. The van der Waals surface area contributed by atoms with Crippen LogP contribution in [-0.4, -0.2) is 49.8 Å². The molecular formula is C14H22N2O3. The van der Waals surface area contributed by atoms with Crippen molar-refractivity contribution in [1.82, 2.24) is 10.2 Å². The summed E-state index contributed by atoms with van der Waals surface area (Å²) in [7, 11) is 3.90. The number of rotatable bonds is 8. The van der Waals surface area contributed by atoms with Gasteiger partial charge in [0.2, 0.25) is 0 Å². The molecule has 19 heavy (non-hydrogen) atoms. The predicted molar refractivity (Wildman–Crippen MR) is 74.5 cm³/mol. The van der Waals surface area contributed by atoms with E-state index in [9.17, 15) is 9.90 Å². The highest BCUT2D eigenvalue weighted by molar-refractivity contribution is 5.76. The molecule has 0 saturated carbocycles. The summed E-state index contributed by atoms with van der Waals surface area (Å²) in [4.78, 5) is 13.4. The molecule has 0 aromatic heterocycles. The van der Waals surface area contributed by atoms with Crippen LogP contribution in [0.4, 0.5) is 0 Å². The lowest BCUT2D eigenvalue weighted by atomic mass is 10.1. The molecule has 1 aromatic rings. The molecule has 0 heterocycles. The summed E-state index contributed by atoms with van der Waals surface area (Å²) in [5, 5.41) is 12.4.